The Labute approximate surface area is 111 Å². The standard InChI is InChI=1S/C13H19N3O3/c1-8-5-4-6-9(2)15(8)16-12(18)11(10(3)17)7-14-13(16)19/h7-9H,4-6H2,1-3H3,(H,14,19). The van der Waals surface area contributed by atoms with Crippen LogP contribution in [0.5, 0.6) is 0 Å². The summed E-state index contributed by atoms with van der Waals surface area (Å²) >= 11 is 0. The van der Waals surface area contributed by atoms with Gasteiger partial charge >= 0.3 is 5.69 Å². The fourth-order valence-corrected chi connectivity index (χ4v) is 2.73. The number of nitrogens with one attached hydrogen (secondary N) is 1. The number of rotatable bonds is 2. The molecule has 0 amide bonds. The second-order valence-electron chi connectivity index (χ2n) is 5.19. The van der Waals surface area contributed by atoms with Crippen LogP contribution in [0.25, 0.3) is 0 Å². The third-order valence-corrected chi connectivity index (χ3v) is 3.71. The van der Waals surface area contributed by atoms with E-state index in [9.17, 15) is 14.4 Å². The minimum atomic E-state index is -0.531. The molecule has 2 heterocycles. The molecule has 0 aliphatic carbocycles. The summed E-state index contributed by atoms with van der Waals surface area (Å²) in [5, 5.41) is 1.79. The van der Waals surface area contributed by atoms with Crippen LogP contribution < -0.4 is 16.3 Å². The quantitative estimate of drug-likeness (QED) is 0.796. The number of carbonyl (C=O) groups excluding carboxylic acids is 1. The number of Topliss-reactive ketones (excluding diaryl/α,β-unsaturated/α-hetero) is 1. The second-order valence-corrected chi connectivity index (χ2v) is 5.19. The molecule has 1 aromatic heterocycles. The predicted octanol–water partition coefficient (Wildman–Crippen LogP) is 0.638. The average Bonchev–Trinajstić information content (AvgIpc) is 2.32. The van der Waals surface area contributed by atoms with Crippen molar-refractivity contribution in [2.24, 2.45) is 0 Å². The number of hydrogen-bond donors (Lipinski definition) is 1. The Morgan fingerprint density at radius 2 is 1.84 bits per heavy atom. The monoisotopic (exact) mass is 265 g/mol. The van der Waals surface area contributed by atoms with Crippen LogP contribution in [0.1, 0.15) is 50.4 Å². The first-order valence-corrected chi connectivity index (χ1v) is 6.57. The molecule has 2 atom stereocenters. The zero-order valence-corrected chi connectivity index (χ0v) is 11.5. The molecule has 6 nitrogen and oxygen atoms in total. The number of aromatic nitrogens is 2. The summed E-state index contributed by atoms with van der Waals surface area (Å²) in [5.74, 6) is -0.340. The highest BCUT2D eigenvalue weighted by Crippen LogP contribution is 2.19. The van der Waals surface area contributed by atoms with Gasteiger partial charge in [0.1, 0.15) is 5.56 Å². The second kappa shape index (κ2) is 5.03. The van der Waals surface area contributed by atoms with Crippen LogP contribution in [0, 0.1) is 0 Å². The Hall–Kier alpha value is -1.85. The number of hydrogen-bond acceptors (Lipinski definition) is 4. The van der Waals surface area contributed by atoms with Gasteiger partial charge in [0.25, 0.3) is 5.56 Å². The van der Waals surface area contributed by atoms with E-state index in [-0.39, 0.29) is 23.4 Å². The molecule has 2 unspecified atom stereocenters. The number of nitrogens with zero attached hydrogens (tertiary/aromatic N) is 2. The largest absolute Gasteiger partial charge is 0.347 e. The van der Waals surface area contributed by atoms with E-state index in [4.69, 9.17) is 0 Å². The highest BCUT2D eigenvalue weighted by molar-refractivity contribution is 5.93. The lowest BCUT2D eigenvalue weighted by atomic mass is 10.00. The van der Waals surface area contributed by atoms with Gasteiger partial charge in [0.05, 0.1) is 0 Å². The van der Waals surface area contributed by atoms with Crippen molar-refractivity contribution in [3.63, 3.8) is 0 Å². The summed E-state index contributed by atoms with van der Waals surface area (Å²) in [4.78, 5) is 38.2. The Bertz CT molecular complexity index is 592. The number of aromatic amines is 1. The normalized spacial score (nSPS) is 23.4. The molecule has 1 saturated heterocycles. The summed E-state index contributed by atoms with van der Waals surface area (Å²) in [5.41, 5.74) is -1.00. The molecular weight excluding hydrogens is 246 g/mol. The lowest BCUT2D eigenvalue weighted by molar-refractivity contribution is 0.101. The molecule has 1 aromatic rings. The minimum absolute atomic E-state index is 0.0181. The van der Waals surface area contributed by atoms with Gasteiger partial charge in [-0.2, -0.15) is 4.68 Å². The zero-order chi connectivity index (χ0) is 14.2. The molecule has 2 rings (SSSR count). The van der Waals surface area contributed by atoms with Crippen molar-refractivity contribution in [1.29, 1.82) is 0 Å². The molecule has 1 aliphatic heterocycles. The first-order chi connectivity index (χ1) is 8.93. The van der Waals surface area contributed by atoms with E-state index >= 15 is 0 Å². The van der Waals surface area contributed by atoms with Crippen molar-refractivity contribution >= 4 is 5.78 Å². The molecule has 0 bridgehead atoms. The molecule has 0 spiro atoms. The molecule has 0 saturated carbocycles. The predicted molar refractivity (Wildman–Crippen MR) is 72.3 cm³/mol. The van der Waals surface area contributed by atoms with E-state index in [0.717, 1.165) is 23.9 Å². The third kappa shape index (κ3) is 2.34. The molecule has 1 fully saturated rings. The van der Waals surface area contributed by atoms with Crippen molar-refractivity contribution in [3.8, 4) is 0 Å². The maximum Gasteiger partial charge on any atom is 0.347 e. The van der Waals surface area contributed by atoms with Gasteiger partial charge in [0, 0.05) is 18.3 Å². The average molecular weight is 265 g/mol. The summed E-state index contributed by atoms with van der Waals surface area (Å²) in [6.45, 7) is 5.30. The summed E-state index contributed by atoms with van der Waals surface area (Å²) in [6.07, 6.45) is 4.14. The van der Waals surface area contributed by atoms with E-state index in [1.165, 1.54) is 13.1 Å². The van der Waals surface area contributed by atoms with E-state index in [2.05, 4.69) is 4.98 Å². The van der Waals surface area contributed by atoms with Crippen LogP contribution in [0.2, 0.25) is 0 Å². The first-order valence-electron chi connectivity index (χ1n) is 6.57. The van der Waals surface area contributed by atoms with E-state index in [1.807, 2.05) is 13.8 Å². The van der Waals surface area contributed by atoms with Crippen molar-refractivity contribution < 1.29 is 4.79 Å². The summed E-state index contributed by atoms with van der Waals surface area (Å²) in [6, 6.07) is 0.203. The fourth-order valence-electron chi connectivity index (χ4n) is 2.73. The lowest BCUT2D eigenvalue weighted by Crippen LogP contribution is -2.60. The van der Waals surface area contributed by atoms with Gasteiger partial charge in [-0.3, -0.25) is 9.59 Å². The van der Waals surface area contributed by atoms with Crippen LogP contribution in [-0.4, -0.2) is 27.5 Å². The van der Waals surface area contributed by atoms with Crippen LogP contribution in [0.4, 0.5) is 0 Å². The molecule has 0 aromatic carbocycles. The van der Waals surface area contributed by atoms with E-state index in [1.54, 1.807) is 5.01 Å². The SMILES string of the molecule is CC(=O)c1c[nH]c(=O)n(N2C(C)CCCC2C)c1=O. The van der Waals surface area contributed by atoms with Crippen molar-refractivity contribution in [2.45, 2.75) is 52.1 Å². The zero-order valence-electron chi connectivity index (χ0n) is 11.5. The number of piperidine rings is 1. The highest BCUT2D eigenvalue weighted by Gasteiger charge is 2.28. The van der Waals surface area contributed by atoms with Crippen molar-refractivity contribution in [2.75, 3.05) is 5.01 Å². The topological polar surface area (TPSA) is 75.2 Å². The highest BCUT2D eigenvalue weighted by atomic mass is 16.2. The third-order valence-electron chi connectivity index (χ3n) is 3.71. The number of ketones is 1. The summed E-state index contributed by atoms with van der Waals surface area (Å²) in [7, 11) is 0. The maximum atomic E-state index is 12.3. The smallest absolute Gasteiger partial charge is 0.312 e. The van der Waals surface area contributed by atoms with Crippen molar-refractivity contribution in [1.82, 2.24) is 9.66 Å². The maximum absolute atomic E-state index is 12.3. The molecule has 19 heavy (non-hydrogen) atoms. The molecule has 1 N–H and O–H groups in total. The number of H-pyrrole nitrogens is 1. The fraction of sp³-hybridized carbons (Fsp3) is 0.615. The van der Waals surface area contributed by atoms with Crippen LogP contribution in [0.15, 0.2) is 15.8 Å². The van der Waals surface area contributed by atoms with E-state index < -0.39 is 11.2 Å². The van der Waals surface area contributed by atoms with Crippen molar-refractivity contribution in [3.05, 3.63) is 32.6 Å². The number of carbonyl (C=O) groups is 1. The lowest BCUT2D eigenvalue weighted by Gasteiger charge is -2.40. The molecule has 1 aliphatic rings. The van der Waals surface area contributed by atoms with Crippen LogP contribution in [-0.2, 0) is 0 Å². The van der Waals surface area contributed by atoms with Gasteiger partial charge in [-0.1, -0.05) is 0 Å². The Kier molecular flexibility index (Phi) is 3.59. The van der Waals surface area contributed by atoms with Gasteiger partial charge in [0.2, 0.25) is 0 Å². The van der Waals surface area contributed by atoms with E-state index in [0.29, 0.717) is 0 Å². The van der Waals surface area contributed by atoms with Crippen LogP contribution in [0.3, 0.4) is 0 Å². The van der Waals surface area contributed by atoms with Gasteiger partial charge < -0.3 is 9.99 Å². The summed E-state index contributed by atoms with van der Waals surface area (Å²) < 4.78 is 1.09. The minimum Gasteiger partial charge on any atom is -0.312 e. The van der Waals surface area contributed by atoms with Crippen LogP contribution >= 0.6 is 0 Å². The molecule has 104 valence electrons. The Morgan fingerprint density at radius 1 is 1.26 bits per heavy atom. The molecule has 0 radical (unpaired) electrons. The first kappa shape index (κ1) is 13.6. The Balaban J connectivity index is 2.61. The van der Waals surface area contributed by atoms with Gasteiger partial charge in [-0.05, 0) is 40.0 Å². The van der Waals surface area contributed by atoms with Gasteiger partial charge in [-0.15, -0.1) is 0 Å². The Morgan fingerprint density at radius 3 is 2.37 bits per heavy atom. The molecule has 6 heteroatoms. The van der Waals surface area contributed by atoms with Gasteiger partial charge in [-0.25, -0.2) is 4.79 Å². The molecular formula is C13H19N3O3. The van der Waals surface area contributed by atoms with Gasteiger partial charge in [0.15, 0.2) is 5.78 Å².